The zero-order valence-electron chi connectivity index (χ0n) is 13.5. The van der Waals surface area contributed by atoms with E-state index >= 15 is 0 Å². The van der Waals surface area contributed by atoms with E-state index in [9.17, 15) is 10.1 Å². The van der Waals surface area contributed by atoms with Gasteiger partial charge in [0.05, 0.1) is 21.6 Å². The van der Waals surface area contributed by atoms with Crippen LogP contribution in [0.3, 0.4) is 0 Å². The number of nitro groups is 1. The SMILES string of the molecule is O=[N+]([O-])c1ccc(NC2CCOC3(CCCC3)C2)c2ncccc12. The molecule has 0 bridgehead atoms. The first-order chi connectivity index (χ1) is 11.7. The van der Waals surface area contributed by atoms with Crippen LogP contribution in [0.4, 0.5) is 11.4 Å². The summed E-state index contributed by atoms with van der Waals surface area (Å²) in [5, 5.41) is 15.4. The Labute approximate surface area is 140 Å². The van der Waals surface area contributed by atoms with Crippen LogP contribution in [0.25, 0.3) is 10.9 Å². The third kappa shape index (κ3) is 2.71. The first kappa shape index (κ1) is 15.3. The Balaban J connectivity index is 1.63. The number of nitro benzene ring substituents is 1. The van der Waals surface area contributed by atoms with Crippen molar-refractivity contribution in [1.29, 1.82) is 0 Å². The average Bonchev–Trinajstić information content (AvgIpc) is 3.02. The van der Waals surface area contributed by atoms with Crippen molar-refractivity contribution in [3.8, 4) is 0 Å². The Morgan fingerprint density at radius 3 is 2.92 bits per heavy atom. The maximum atomic E-state index is 11.2. The summed E-state index contributed by atoms with van der Waals surface area (Å²) in [5.41, 5.74) is 1.68. The number of nitrogens with one attached hydrogen (secondary N) is 1. The van der Waals surface area contributed by atoms with Gasteiger partial charge in [0.15, 0.2) is 0 Å². The van der Waals surface area contributed by atoms with E-state index in [0.717, 1.165) is 38.0 Å². The highest BCUT2D eigenvalue weighted by molar-refractivity contribution is 5.96. The van der Waals surface area contributed by atoms with Crippen molar-refractivity contribution in [2.75, 3.05) is 11.9 Å². The van der Waals surface area contributed by atoms with Crippen LogP contribution in [0.15, 0.2) is 30.5 Å². The van der Waals surface area contributed by atoms with Crippen molar-refractivity contribution in [3.63, 3.8) is 0 Å². The molecule has 24 heavy (non-hydrogen) atoms. The van der Waals surface area contributed by atoms with Crippen molar-refractivity contribution in [1.82, 2.24) is 4.98 Å². The van der Waals surface area contributed by atoms with Crippen molar-refractivity contribution < 1.29 is 9.66 Å². The number of hydrogen-bond acceptors (Lipinski definition) is 5. The fraction of sp³-hybridized carbons (Fsp3) is 0.500. The second-order valence-electron chi connectivity index (χ2n) is 6.86. The van der Waals surface area contributed by atoms with E-state index in [1.165, 1.54) is 12.8 Å². The molecule has 1 spiro atoms. The van der Waals surface area contributed by atoms with Gasteiger partial charge in [-0.1, -0.05) is 12.8 Å². The number of aromatic nitrogens is 1. The van der Waals surface area contributed by atoms with E-state index in [1.54, 1.807) is 30.5 Å². The molecule has 2 fully saturated rings. The maximum Gasteiger partial charge on any atom is 0.278 e. The van der Waals surface area contributed by atoms with E-state index in [2.05, 4.69) is 10.3 Å². The van der Waals surface area contributed by atoms with Gasteiger partial charge in [0, 0.05) is 24.9 Å². The predicted molar refractivity (Wildman–Crippen MR) is 92.2 cm³/mol. The molecule has 1 aliphatic heterocycles. The molecule has 6 heteroatoms. The topological polar surface area (TPSA) is 77.3 Å². The lowest BCUT2D eigenvalue weighted by atomic mass is 9.88. The van der Waals surface area contributed by atoms with Gasteiger partial charge < -0.3 is 10.1 Å². The fourth-order valence-electron chi connectivity index (χ4n) is 4.17. The highest BCUT2D eigenvalue weighted by atomic mass is 16.6. The van der Waals surface area contributed by atoms with Crippen molar-refractivity contribution >= 4 is 22.3 Å². The van der Waals surface area contributed by atoms with E-state index in [1.807, 2.05) is 0 Å². The number of pyridine rings is 1. The summed E-state index contributed by atoms with van der Waals surface area (Å²) in [4.78, 5) is 15.3. The van der Waals surface area contributed by atoms with Crippen molar-refractivity contribution in [2.24, 2.45) is 0 Å². The number of nitrogens with zero attached hydrogens (tertiary/aromatic N) is 2. The predicted octanol–water partition coefficient (Wildman–Crippen LogP) is 4.05. The lowest BCUT2D eigenvalue weighted by Gasteiger charge is -2.39. The van der Waals surface area contributed by atoms with Gasteiger partial charge in [0.1, 0.15) is 5.52 Å². The Morgan fingerprint density at radius 2 is 2.12 bits per heavy atom. The molecular formula is C18H21N3O3. The van der Waals surface area contributed by atoms with E-state index in [4.69, 9.17) is 4.74 Å². The van der Waals surface area contributed by atoms with Gasteiger partial charge in [-0.25, -0.2) is 0 Å². The minimum Gasteiger partial charge on any atom is -0.380 e. The zero-order valence-corrected chi connectivity index (χ0v) is 13.5. The Kier molecular flexibility index (Phi) is 3.84. The fourth-order valence-corrected chi connectivity index (χ4v) is 4.17. The molecule has 2 aromatic rings. The van der Waals surface area contributed by atoms with E-state index in [-0.39, 0.29) is 16.2 Å². The van der Waals surface area contributed by atoms with Crippen LogP contribution in [0.5, 0.6) is 0 Å². The summed E-state index contributed by atoms with van der Waals surface area (Å²) < 4.78 is 6.09. The molecule has 1 saturated heterocycles. The summed E-state index contributed by atoms with van der Waals surface area (Å²) in [5.74, 6) is 0. The molecule has 1 saturated carbocycles. The van der Waals surface area contributed by atoms with Crippen LogP contribution in [-0.2, 0) is 4.74 Å². The van der Waals surface area contributed by atoms with E-state index < -0.39 is 0 Å². The molecule has 126 valence electrons. The summed E-state index contributed by atoms with van der Waals surface area (Å²) >= 11 is 0. The van der Waals surface area contributed by atoms with Crippen LogP contribution < -0.4 is 5.32 Å². The number of fused-ring (bicyclic) bond motifs is 1. The molecule has 4 rings (SSSR count). The first-order valence-corrected chi connectivity index (χ1v) is 8.60. The zero-order chi connectivity index (χ0) is 16.6. The van der Waals surface area contributed by atoms with E-state index in [0.29, 0.717) is 16.9 Å². The molecule has 6 nitrogen and oxygen atoms in total. The number of benzene rings is 1. The third-order valence-corrected chi connectivity index (χ3v) is 5.31. The third-order valence-electron chi connectivity index (χ3n) is 5.31. The number of non-ortho nitro benzene ring substituents is 1. The number of anilines is 1. The van der Waals surface area contributed by atoms with Crippen molar-refractivity contribution in [3.05, 3.63) is 40.6 Å². The first-order valence-electron chi connectivity index (χ1n) is 8.60. The number of rotatable bonds is 3. The second kappa shape index (κ2) is 6.02. The highest BCUT2D eigenvalue weighted by Gasteiger charge is 2.40. The standard InChI is InChI=1S/C18H21N3O3/c22-21(23)16-6-5-15(17-14(16)4-3-10-19-17)20-13-7-11-24-18(12-13)8-1-2-9-18/h3-6,10,13,20H,1-2,7-9,11-12H2. The van der Waals surface area contributed by atoms with Gasteiger partial charge in [-0.15, -0.1) is 0 Å². The van der Waals surface area contributed by atoms with Crippen LogP contribution in [0.1, 0.15) is 38.5 Å². The molecule has 2 aliphatic rings. The van der Waals surface area contributed by atoms with Crippen molar-refractivity contribution in [2.45, 2.75) is 50.2 Å². The number of ether oxygens (including phenoxy) is 1. The van der Waals surface area contributed by atoms with Crippen LogP contribution >= 0.6 is 0 Å². The summed E-state index contributed by atoms with van der Waals surface area (Å²) in [7, 11) is 0. The second-order valence-corrected chi connectivity index (χ2v) is 6.86. The quantitative estimate of drug-likeness (QED) is 0.680. The van der Waals surface area contributed by atoms with Crippen LogP contribution in [0.2, 0.25) is 0 Å². The Morgan fingerprint density at radius 1 is 1.29 bits per heavy atom. The summed E-state index contributed by atoms with van der Waals surface area (Å²) in [6.07, 6.45) is 8.41. The Hall–Kier alpha value is -2.21. The smallest absolute Gasteiger partial charge is 0.278 e. The van der Waals surface area contributed by atoms with Crippen LogP contribution in [-0.4, -0.2) is 28.2 Å². The molecule has 1 aromatic carbocycles. The minimum atomic E-state index is -0.351. The summed E-state index contributed by atoms with van der Waals surface area (Å²) in [6.45, 7) is 0.774. The lowest BCUT2D eigenvalue weighted by Crippen LogP contribution is -2.42. The summed E-state index contributed by atoms with van der Waals surface area (Å²) in [6, 6.07) is 7.17. The maximum absolute atomic E-state index is 11.2. The molecule has 1 unspecified atom stereocenters. The van der Waals surface area contributed by atoms with Gasteiger partial charge in [-0.2, -0.15) is 0 Å². The van der Waals surface area contributed by atoms with Gasteiger partial charge in [0.2, 0.25) is 0 Å². The van der Waals surface area contributed by atoms with Gasteiger partial charge in [0.25, 0.3) is 5.69 Å². The molecule has 1 aromatic heterocycles. The van der Waals surface area contributed by atoms with Crippen LogP contribution in [0, 0.1) is 10.1 Å². The van der Waals surface area contributed by atoms with Gasteiger partial charge in [-0.3, -0.25) is 15.1 Å². The lowest BCUT2D eigenvalue weighted by molar-refractivity contribution is -0.383. The average molecular weight is 327 g/mol. The molecule has 1 aliphatic carbocycles. The molecule has 1 atom stereocenters. The molecule has 1 N–H and O–H groups in total. The molecule has 2 heterocycles. The highest BCUT2D eigenvalue weighted by Crippen LogP contribution is 2.41. The Bertz CT molecular complexity index is 771. The van der Waals surface area contributed by atoms with Gasteiger partial charge >= 0.3 is 0 Å². The molecule has 0 amide bonds. The molecular weight excluding hydrogens is 306 g/mol. The largest absolute Gasteiger partial charge is 0.380 e. The van der Waals surface area contributed by atoms with Gasteiger partial charge in [-0.05, 0) is 43.9 Å². The monoisotopic (exact) mass is 327 g/mol. The minimum absolute atomic E-state index is 0.0416. The normalized spacial score (nSPS) is 22.8. The number of hydrogen-bond donors (Lipinski definition) is 1. The molecule has 0 radical (unpaired) electrons.